The maximum Gasteiger partial charge on any atom is 0.490 e. The highest BCUT2D eigenvalue weighted by molar-refractivity contribution is 7.91. The molecule has 0 fully saturated rings. The van der Waals surface area contributed by atoms with E-state index in [0.717, 1.165) is 0 Å². The molecule has 8 N–H and O–H groups in total. The average molecular weight is 585 g/mol. The maximum atomic E-state index is 12.6. The van der Waals surface area contributed by atoms with Gasteiger partial charge in [-0.05, 0) is 36.2 Å². The largest absolute Gasteiger partial charge is 0.490 e. The van der Waals surface area contributed by atoms with Gasteiger partial charge in [-0.15, -0.1) is 0 Å². The number of hydrogen-bond donors (Lipinski definition) is 7. The second-order valence-corrected chi connectivity index (χ2v) is 9.53. The molecule has 210 valence electrons. The molecule has 1 aromatic heterocycles. The predicted octanol–water partition coefficient (Wildman–Crippen LogP) is 0.985. The third-order valence-corrected chi connectivity index (χ3v) is 5.52. The molecule has 0 saturated heterocycles. The number of sulfonamides is 1. The molecule has 1 amide bonds. The highest BCUT2D eigenvalue weighted by Gasteiger charge is 2.38. The first-order valence-corrected chi connectivity index (χ1v) is 12.3. The zero-order valence-electron chi connectivity index (χ0n) is 19.6. The molecule has 0 radical (unpaired) electrons. The Labute approximate surface area is 219 Å². The Balaban J connectivity index is 0.000000905. The zero-order valence-corrected chi connectivity index (χ0v) is 21.2. The quantitative estimate of drug-likeness (QED) is 0.0915. The van der Waals surface area contributed by atoms with Crippen LogP contribution >= 0.6 is 11.6 Å². The highest BCUT2D eigenvalue weighted by atomic mass is 35.5. The smallest absolute Gasteiger partial charge is 0.475 e. The number of hydroxylamine groups is 1. The van der Waals surface area contributed by atoms with E-state index in [1.165, 1.54) is 12.1 Å². The van der Waals surface area contributed by atoms with E-state index in [0.29, 0.717) is 16.3 Å². The van der Waals surface area contributed by atoms with E-state index in [-0.39, 0.29) is 36.8 Å². The standard InChI is InChI=1S/C18H23ClN6O5S.C2HF3O2/c1-11-7-13(9-15(26)22-5-6-30-24-18(20)21)16(17(27)23-11)25-31(28,29)10-12-3-2-4-14(19)8-12;3-2(4,5)1(6)7/h2-4,7-8,25H,5-6,9-10H2,1H3,(H,22,26)(H,23,27)(H4,20,21,24);(H,6,7). The summed E-state index contributed by atoms with van der Waals surface area (Å²) in [6.45, 7) is 1.77. The minimum absolute atomic E-state index is 0.0405. The SMILES string of the molecule is Cc1cc(CC(=O)NCCONC(=N)N)c(NS(=O)(=O)Cc2cccc(Cl)c2)c(=O)[nH]1.O=C(O)C(F)(F)F. The van der Waals surface area contributed by atoms with Gasteiger partial charge < -0.3 is 21.1 Å². The minimum atomic E-state index is -5.08. The molecule has 1 aromatic carbocycles. The van der Waals surface area contributed by atoms with E-state index >= 15 is 0 Å². The molecule has 1 heterocycles. The minimum Gasteiger partial charge on any atom is -0.475 e. The van der Waals surface area contributed by atoms with Crippen LogP contribution in [0.15, 0.2) is 35.1 Å². The Morgan fingerprint density at radius 2 is 1.89 bits per heavy atom. The van der Waals surface area contributed by atoms with Crippen molar-refractivity contribution in [2.75, 3.05) is 17.9 Å². The number of H-pyrrole nitrogens is 1. The van der Waals surface area contributed by atoms with Crippen molar-refractivity contribution in [3.05, 3.63) is 62.5 Å². The molecule has 13 nitrogen and oxygen atoms in total. The molecule has 0 aliphatic heterocycles. The van der Waals surface area contributed by atoms with Crippen LogP contribution < -0.4 is 26.8 Å². The summed E-state index contributed by atoms with van der Waals surface area (Å²) in [6.07, 6.45) is -5.32. The summed E-state index contributed by atoms with van der Waals surface area (Å²) in [5.74, 6) is -3.98. The molecule has 2 rings (SSSR count). The van der Waals surface area contributed by atoms with Crippen LogP contribution in [0.2, 0.25) is 5.02 Å². The third-order valence-electron chi connectivity index (χ3n) is 4.05. The van der Waals surface area contributed by atoms with Crippen molar-refractivity contribution in [2.24, 2.45) is 5.73 Å². The summed E-state index contributed by atoms with van der Waals surface area (Å²) in [7, 11) is -3.95. The van der Waals surface area contributed by atoms with Gasteiger partial charge in [-0.3, -0.25) is 24.6 Å². The van der Waals surface area contributed by atoms with Crippen molar-refractivity contribution in [1.82, 2.24) is 15.8 Å². The monoisotopic (exact) mass is 584 g/mol. The number of pyridine rings is 1. The maximum absolute atomic E-state index is 12.6. The number of amides is 1. The van der Waals surface area contributed by atoms with Gasteiger partial charge in [0.25, 0.3) is 5.56 Å². The normalized spacial score (nSPS) is 11.1. The average Bonchev–Trinajstić information content (AvgIpc) is 2.75. The fourth-order valence-electron chi connectivity index (χ4n) is 2.65. The molecular formula is C20H24ClF3N6O7S. The molecule has 0 bridgehead atoms. The van der Waals surface area contributed by atoms with Gasteiger partial charge in [0.15, 0.2) is 0 Å². The first kappa shape index (κ1) is 32.2. The number of hydrogen-bond acceptors (Lipinski definition) is 7. The number of guanidine groups is 1. The van der Waals surface area contributed by atoms with Gasteiger partial charge in [0.05, 0.1) is 18.8 Å². The Hall–Kier alpha value is -3.83. The summed E-state index contributed by atoms with van der Waals surface area (Å²) in [5.41, 5.74) is 7.43. The summed E-state index contributed by atoms with van der Waals surface area (Å²) in [6, 6.07) is 7.87. The number of aryl methyl sites for hydroxylation is 1. The van der Waals surface area contributed by atoms with Gasteiger partial charge in [0, 0.05) is 17.3 Å². The van der Waals surface area contributed by atoms with Crippen LogP contribution in [0.1, 0.15) is 16.8 Å². The zero-order chi connectivity index (χ0) is 29.1. The summed E-state index contributed by atoms with van der Waals surface area (Å²) < 4.78 is 59.2. The second-order valence-electron chi connectivity index (χ2n) is 7.37. The van der Waals surface area contributed by atoms with Crippen LogP contribution in [0.5, 0.6) is 0 Å². The number of nitrogens with two attached hydrogens (primary N) is 1. The van der Waals surface area contributed by atoms with Crippen molar-refractivity contribution in [3.63, 3.8) is 0 Å². The Morgan fingerprint density at radius 3 is 2.45 bits per heavy atom. The van der Waals surface area contributed by atoms with Crippen LogP contribution in [0.25, 0.3) is 0 Å². The number of alkyl halides is 3. The predicted molar refractivity (Wildman–Crippen MR) is 131 cm³/mol. The number of carboxylic acid groups (broad SMARTS) is 1. The highest BCUT2D eigenvalue weighted by Crippen LogP contribution is 2.18. The van der Waals surface area contributed by atoms with E-state index in [1.54, 1.807) is 25.1 Å². The number of nitrogens with one attached hydrogen (secondary N) is 5. The lowest BCUT2D eigenvalue weighted by molar-refractivity contribution is -0.192. The number of carbonyl (C=O) groups is 2. The van der Waals surface area contributed by atoms with Crippen molar-refractivity contribution in [1.29, 1.82) is 5.41 Å². The molecule has 0 aliphatic carbocycles. The van der Waals surface area contributed by atoms with Gasteiger partial charge in [0.2, 0.25) is 21.9 Å². The van der Waals surface area contributed by atoms with E-state index in [1.807, 2.05) is 0 Å². The van der Waals surface area contributed by atoms with Crippen LogP contribution in [0.3, 0.4) is 0 Å². The Kier molecular flexibility index (Phi) is 12.0. The number of halogens is 4. The fraction of sp³-hybridized carbons (Fsp3) is 0.300. The number of aliphatic carboxylic acids is 1. The van der Waals surface area contributed by atoms with Gasteiger partial charge in [-0.2, -0.15) is 13.2 Å². The topological polar surface area (TPSA) is 217 Å². The van der Waals surface area contributed by atoms with Crippen LogP contribution in [-0.2, 0) is 36.6 Å². The van der Waals surface area contributed by atoms with Crippen molar-refractivity contribution < 1.29 is 41.1 Å². The van der Waals surface area contributed by atoms with Gasteiger partial charge >= 0.3 is 12.1 Å². The van der Waals surface area contributed by atoms with Crippen LogP contribution in [-0.4, -0.2) is 55.7 Å². The van der Waals surface area contributed by atoms with Gasteiger partial charge in [-0.25, -0.2) is 18.7 Å². The fourth-order valence-corrected chi connectivity index (χ4v) is 4.09. The first-order chi connectivity index (χ1) is 17.5. The third kappa shape index (κ3) is 12.4. The molecule has 0 unspecified atom stereocenters. The van der Waals surface area contributed by atoms with E-state index in [2.05, 4.69) is 20.5 Å². The lowest BCUT2D eigenvalue weighted by Crippen LogP contribution is -2.35. The van der Waals surface area contributed by atoms with E-state index < -0.39 is 39.4 Å². The van der Waals surface area contributed by atoms with Gasteiger partial charge in [-0.1, -0.05) is 23.7 Å². The molecule has 0 aliphatic rings. The lowest BCUT2D eigenvalue weighted by atomic mass is 10.1. The number of aromatic amines is 1. The van der Waals surface area contributed by atoms with E-state index in [9.17, 15) is 31.2 Å². The van der Waals surface area contributed by atoms with Crippen molar-refractivity contribution in [3.8, 4) is 0 Å². The van der Waals surface area contributed by atoms with Crippen molar-refractivity contribution in [2.45, 2.75) is 25.3 Å². The number of aromatic nitrogens is 1. The molecule has 38 heavy (non-hydrogen) atoms. The van der Waals surface area contributed by atoms with Crippen LogP contribution in [0, 0.1) is 12.3 Å². The van der Waals surface area contributed by atoms with E-state index in [4.69, 9.17) is 37.5 Å². The number of carbonyl (C=O) groups excluding carboxylic acids is 1. The summed E-state index contributed by atoms with van der Waals surface area (Å²) in [5, 5.41) is 17.0. The number of benzene rings is 1. The summed E-state index contributed by atoms with van der Waals surface area (Å²) >= 11 is 5.89. The molecule has 2 aromatic rings. The Bertz CT molecular complexity index is 1320. The lowest BCUT2D eigenvalue weighted by Gasteiger charge is -2.13. The van der Waals surface area contributed by atoms with Crippen LogP contribution in [0.4, 0.5) is 18.9 Å². The van der Waals surface area contributed by atoms with Gasteiger partial charge in [0.1, 0.15) is 5.69 Å². The second kappa shape index (κ2) is 14.2. The molecule has 0 spiro atoms. The van der Waals surface area contributed by atoms with Crippen molar-refractivity contribution >= 4 is 45.1 Å². The first-order valence-electron chi connectivity index (χ1n) is 10.3. The molecular weight excluding hydrogens is 561 g/mol. The molecule has 18 heteroatoms. The summed E-state index contributed by atoms with van der Waals surface area (Å²) in [4.78, 5) is 40.9. The molecule has 0 atom stereocenters. The number of anilines is 1. The number of carboxylic acids is 1. The molecule has 0 saturated carbocycles. The number of rotatable bonds is 10. The Morgan fingerprint density at radius 1 is 1.26 bits per heavy atom.